The summed E-state index contributed by atoms with van der Waals surface area (Å²) >= 11 is 0. The van der Waals surface area contributed by atoms with E-state index in [1.807, 2.05) is 14.1 Å². The Morgan fingerprint density at radius 3 is 2.75 bits per heavy atom. The summed E-state index contributed by atoms with van der Waals surface area (Å²) in [6, 6.07) is 0.108. The fraction of sp³-hybridized carbons (Fsp3) is 0.769. The molecule has 0 radical (unpaired) electrons. The molecular formula is C13H24N4O2S. The molecule has 1 saturated heterocycles. The molecule has 1 aliphatic heterocycles. The van der Waals surface area contributed by atoms with Crippen molar-refractivity contribution in [3.05, 3.63) is 12.4 Å². The van der Waals surface area contributed by atoms with Gasteiger partial charge in [0.2, 0.25) is 10.0 Å². The minimum Gasteiger partial charge on any atom is -0.309 e. The molecule has 0 aromatic carbocycles. The number of nitrogens with zero attached hydrogens (tertiary/aromatic N) is 4. The van der Waals surface area contributed by atoms with Gasteiger partial charge in [0.15, 0.2) is 0 Å². The van der Waals surface area contributed by atoms with E-state index in [0.29, 0.717) is 11.4 Å². The summed E-state index contributed by atoms with van der Waals surface area (Å²) in [5, 5.41) is 3.98. The molecule has 1 atom stereocenters. The molecule has 1 fully saturated rings. The molecule has 0 saturated carbocycles. The molecule has 1 aromatic rings. The predicted octanol–water partition coefficient (Wildman–Crippen LogP) is 0.915. The van der Waals surface area contributed by atoms with Crippen LogP contribution in [0.4, 0.5) is 0 Å². The van der Waals surface area contributed by atoms with E-state index in [1.165, 1.54) is 10.9 Å². The second kappa shape index (κ2) is 6.24. The van der Waals surface area contributed by atoms with Crippen molar-refractivity contribution < 1.29 is 8.42 Å². The zero-order valence-electron chi connectivity index (χ0n) is 12.5. The summed E-state index contributed by atoms with van der Waals surface area (Å²) in [6.07, 6.45) is 6.90. The van der Waals surface area contributed by atoms with Gasteiger partial charge in [0.05, 0.1) is 6.20 Å². The minimum absolute atomic E-state index is 0.108. The van der Waals surface area contributed by atoms with Crippen LogP contribution in [0, 0.1) is 0 Å². The number of rotatable bonds is 5. The van der Waals surface area contributed by atoms with E-state index in [0.717, 1.165) is 32.2 Å². The van der Waals surface area contributed by atoms with Crippen LogP contribution in [-0.4, -0.2) is 60.6 Å². The van der Waals surface area contributed by atoms with Gasteiger partial charge in [0, 0.05) is 25.8 Å². The Balaban J connectivity index is 2.18. The molecule has 0 unspecified atom stereocenters. The first-order valence-electron chi connectivity index (χ1n) is 7.06. The highest BCUT2D eigenvalue weighted by Crippen LogP contribution is 2.26. The van der Waals surface area contributed by atoms with Gasteiger partial charge in [0.1, 0.15) is 4.90 Å². The van der Waals surface area contributed by atoms with Crippen LogP contribution >= 0.6 is 0 Å². The van der Waals surface area contributed by atoms with Crippen LogP contribution in [0.1, 0.15) is 25.7 Å². The number of sulfonamides is 1. The van der Waals surface area contributed by atoms with Crippen molar-refractivity contribution >= 4 is 10.0 Å². The first-order valence-corrected chi connectivity index (χ1v) is 8.50. The Kier molecular flexibility index (Phi) is 4.82. The van der Waals surface area contributed by atoms with Gasteiger partial charge in [-0.3, -0.25) is 4.68 Å². The van der Waals surface area contributed by atoms with Crippen molar-refractivity contribution in [2.75, 3.05) is 27.2 Å². The number of hydrogen-bond acceptors (Lipinski definition) is 4. The van der Waals surface area contributed by atoms with Crippen LogP contribution in [0.25, 0.3) is 0 Å². The molecule has 0 N–H and O–H groups in total. The van der Waals surface area contributed by atoms with Crippen LogP contribution in [0.3, 0.4) is 0 Å². The molecule has 1 aromatic heterocycles. The van der Waals surface area contributed by atoms with E-state index in [1.54, 1.807) is 17.5 Å². The number of aromatic nitrogens is 2. The third-order valence-electron chi connectivity index (χ3n) is 3.77. The van der Waals surface area contributed by atoms with E-state index in [4.69, 9.17) is 0 Å². The predicted molar refractivity (Wildman–Crippen MR) is 77.9 cm³/mol. The highest BCUT2D eigenvalue weighted by atomic mass is 32.2. The van der Waals surface area contributed by atoms with Crippen molar-refractivity contribution in [3.63, 3.8) is 0 Å². The second-order valence-corrected chi connectivity index (χ2v) is 7.60. The Bertz CT molecular complexity index is 538. The van der Waals surface area contributed by atoms with E-state index in [9.17, 15) is 8.42 Å². The van der Waals surface area contributed by atoms with Crippen molar-refractivity contribution in [3.8, 4) is 0 Å². The van der Waals surface area contributed by atoms with Gasteiger partial charge < -0.3 is 4.90 Å². The van der Waals surface area contributed by atoms with Crippen LogP contribution in [-0.2, 0) is 17.1 Å². The lowest BCUT2D eigenvalue weighted by Gasteiger charge is -2.35. The highest BCUT2D eigenvalue weighted by molar-refractivity contribution is 7.89. The lowest BCUT2D eigenvalue weighted by molar-refractivity contribution is 0.222. The minimum atomic E-state index is -3.41. The standard InChI is InChI=1S/C13H24N4O2S/c1-15(2)9-7-12-6-4-5-8-17(12)20(18,19)13-10-14-16(3)11-13/h10-12H,4-9H2,1-3H3/t12-/m0/s1. The lowest BCUT2D eigenvalue weighted by atomic mass is 10.0. The molecule has 7 heteroatoms. The maximum atomic E-state index is 12.7. The van der Waals surface area contributed by atoms with Gasteiger partial charge in [-0.15, -0.1) is 0 Å². The van der Waals surface area contributed by atoms with E-state index >= 15 is 0 Å². The average Bonchev–Trinajstić information content (AvgIpc) is 2.84. The molecule has 0 amide bonds. The molecule has 6 nitrogen and oxygen atoms in total. The largest absolute Gasteiger partial charge is 0.309 e. The molecule has 1 aliphatic rings. The van der Waals surface area contributed by atoms with Crippen LogP contribution < -0.4 is 0 Å². The highest BCUT2D eigenvalue weighted by Gasteiger charge is 2.33. The average molecular weight is 300 g/mol. The summed E-state index contributed by atoms with van der Waals surface area (Å²) in [4.78, 5) is 2.40. The van der Waals surface area contributed by atoms with Crippen molar-refractivity contribution in [2.24, 2.45) is 7.05 Å². The Morgan fingerprint density at radius 1 is 1.40 bits per heavy atom. The zero-order valence-corrected chi connectivity index (χ0v) is 13.3. The topological polar surface area (TPSA) is 58.4 Å². The molecule has 2 rings (SSSR count). The smallest absolute Gasteiger partial charge is 0.246 e. The summed E-state index contributed by atoms with van der Waals surface area (Å²) in [5.41, 5.74) is 0. The van der Waals surface area contributed by atoms with Gasteiger partial charge in [0.25, 0.3) is 0 Å². The summed E-state index contributed by atoms with van der Waals surface area (Å²) in [5.74, 6) is 0. The SMILES string of the molecule is CN(C)CC[C@@H]1CCCCN1S(=O)(=O)c1cnn(C)c1. The van der Waals surface area contributed by atoms with Crippen LogP contribution in [0.5, 0.6) is 0 Å². The fourth-order valence-corrected chi connectivity index (χ4v) is 4.36. The molecule has 0 bridgehead atoms. The maximum Gasteiger partial charge on any atom is 0.246 e. The van der Waals surface area contributed by atoms with Crippen molar-refractivity contribution in [1.29, 1.82) is 0 Å². The number of piperidine rings is 1. The van der Waals surface area contributed by atoms with E-state index in [2.05, 4.69) is 10.00 Å². The number of hydrogen-bond donors (Lipinski definition) is 0. The maximum absolute atomic E-state index is 12.7. The Labute approximate surface area is 121 Å². The van der Waals surface area contributed by atoms with E-state index < -0.39 is 10.0 Å². The molecule has 0 spiro atoms. The summed E-state index contributed by atoms with van der Waals surface area (Å²) in [7, 11) is 2.36. The second-order valence-electron chi connectivity index (χ2n) is 5.71. The molecule has 20 heavy (non-hydrogen) atoms. The normalized spacial score (nSPS) is 21.5. The fourth-order valence-electron chi connectivity index (χ4n) is 2.65. The summed E-state index contributed by atoms with van der Waals surface area (Å²) < 4.78 is 28.6. The third-order valence-corrected chi connectivity index (χ3v) is 5.68. The van der Waals surface area contributed by atoms with Gasteiger partial charge >= 0.3 is 0 Å². The quantitative estimate of drug-likeness (QED) is 0.811. The summed E-state index contributed by atoms with van der Waals surface area (Å²) in [6.45, 7) is 1.53. The Morgan fingerprint density at radius 2 is 2.15 bits per heavy atom. The third kappa shape index (κ3) is 3.39. The molecule has 2 heterocycles. The van der Waals surface area contributed by atoms with E-state index in [-0.39, 0.29) is 6.04 Å². The lowest BCUT2D eigenvalue weighted by Crippen LogP contribution is -2.44. The number of aryl methyl sites for hydroxylation is 1. The van der Waals surface area contributed by atoms with Gasteiger partial charge in [-0.1, -0.05) is 6.42 Å². The van der Waals surface area contributed by atoms with Gasteiger partial charge in [-0.25, -0.2) is 8.42 Å². The van der Waals surface area contributed by atoms with Crippen molar-refractivity contribution in [2.45, 2.75) is 36.6 Å². The van der Waals surface area contributed by atoms with Gasteiger partial charge in [-0.05, 0) is 39.9 Å². The molecule has 0 aliphatic carbocycles. The zero-order chi connectivity index (χ0) is 14.8. The first kappa shape index (κ1) is 15.5. The monoisotopic (exact) mass is 300 g/mol. The first-order chi connectivity index (χ1) is 9.41. The molecular weight excluding hydrogens is 276 g/mol. The van der Waals surface area contributed by atoms with Gasteiger partial charge in [-0.2, -0.15) is 9.40 Å². The van der Waals surface area contributed by atoms with Crippen LogP contribution in [0.2, 0.25) is 0 Å². The van der Waals surface area contributed by atoms with Crippen molar-refractivity contribution in [1.82, 2.24) is 19.0 Å². The Hall–Kier alpha value is -0.920. The van der Waals surface area contributed by atoms with Crippen LogP contribution in [0.15, 0.2) is 17.3 Å². The molecule has 114 valence electrons.